The van der Waals surface area contributed by atoms with E-state index in [-0.39, 0.29) is 24.2 Å². The number of rotatable bonds is 9. The van der Waals surface area contributed by atoms with Crippen LogP contribution in [0.25, 0.3) is 0 Å². The summed E-state index contributed by atoms with van der Waals surface area (Å²) >= 11 is 0. The summed E-state index contributed by atoms with van der Waals surface area (Å²) in [5.41, 5.74) is 1.05. The smallest absolute Gasteiger partial charge is 0.326 e. The average Bonchev–Trinajstić information content (AvgIpc) is 2.56. The first-order valence-electron chi connectivity index (χ1n) is 8.08. The zero-order valence-electron chi connectivity index (χ0n) is 14.3. The van der Waals surface area contributed by atoms with Gasteiger partial charge < -0.3 is 15.2 Å². The van der Waals surface area contributed by atoms with Crippen LogP contribution in [-0.2, 0) is 9.59 Å². The molecule has 3 atom stereocenters. The summed E-state index contributed by atoms with van der Waals surface area (Å²) in [7, 11) is 1.61. The molecule has 0 aliphatic rings. The predicted octanol–water partition coefficient (Wildman–Crippen LogP) is 3.19. The molecule has 0 heterocycles. The lowest BCUT2D eigenvalue weighted by atomic mass is 9.92. The van der Waals surface area contributed by atoms with Gasteiger partial charge in [0.25, 0.3) is 0 Å². The Labute approximate surface area is 138 Å². The van der Waals surface area contributed by atoms with E-state index in [1.807, 2.05) is 45.0 Å². The van der Waals surface area contributed by atoms with Gasteiger partial charge in [0.05, 0.1) is 7.11 Å². The lowest BCUT2D eigenvalue weighted by Crippen LogP contribution is -2.45. The van der Waals surface area contributed by atoms with E-state index < -0.39 is 12.0 Å². The van der Waals surface area contributed by atoms with Gasteiger partial charge in [0.1, 0.15) is 11.8 Å². The number of benzene rings is 1. The van der Waals surface area contributed by atoms with Crippen LogP contribution in [0.15, 0.2) is 24.3 Å². The standard InChI is InChI=1S/C18H27NO4/c1-5-12(3)17(18(21)22)19-16(20)11-13(6-2)14-7-9-15(23-4)10-8-14/h7-10,12-13,17H,5-6,11H2,1-4H3,(H,19,20)(H,21,22)/t12-,13?,17-/m0/s1. The summed E-state index contributed by atoms with van der Waals surface area (Å²) in [6, 6.07) is 6.80. The molecule has 1 rings (SSSR count). The Morgan fingerprint density at radius 1 is 1.17 bits per heavy atom. The van der Waals surface area contributed by atoms with Gasteiger partial charge in [-0.3, -0.25) is 4.79 Å². The van der Waals surface area contributed by atoms with Crippen LogP contribution in [0.5, 0.6) is 5.75 Å². The molecule has 0 bridgehead atoms. The third-order valence-electron chi connectivity index (χ3n) is 4.31. The number of aliphatic carboxylic acids is 1. The van der Waals surface area contributed by atoms with E-state index in [9.17, 15) is 14.7 Å². The monoisotopic (exact) mass is 321 g/mol. The number of hydrogen-bond acceptors (Lipinski definition) is 3. The van der Waals surface area contributed by atoms with Crippen LogP contribution in [0.4, 0.5) is 0 Å². The highest BCUT2D eigenvalue weighted by Crippen LogP contribution is 2.25. The van der Waals surface area contributed by atoms with Crippen molar-refractivity contribution in [3.8, 4) is 5.75 Å². The van der Waals surface area contributed by atoms with Crippen molar-refractivity contribution in [2.24, 2.45) is 5.92 Å². The third kappa shape index (κ3) is 5.58. The van der Waals surface area contributed by atoms with E-state index >= 15 is 0 Å². The largest absolute Gasteiger partial charge is 0.497 e. The zero-order chi connectivity index (χ0) is 17.4. The molecule has 1 aromatic rings. The highest BCUT2D eigenvalue weighted by atomic mass is 16.5. The number of methoxy groups -OCH3 is 1. The molecule has 1 aromatic carbocycles. The molecule has 0 aromatic heterocycles. The van der Waals surface area contributed by atoms with Crippen molar-refractivity contribution in [2.75, 3.05) is 7.11 Å². The summed E-state index contributed by atoms with van der Waals surface area (Å²) in [6.45, 7) is 5.77. The van der Waals surface area contributed by atoms with Crippen LogP contribution in [0.2, 0.25) is 0 Å². The second-order valence-electron chi connectivity index (χ2n) is 5.85. The number of hydrogen-bond donors (Lipinski definition) is 2. The second-order valence-corrected chi connectivity index (χ2v) is 5.85. The van der Waals surface area contributed by atoms with E-state index in [0.717, 1.165) is 17.7 Å². The highest BCUT2D eigenvalue weighted by Gasteiger charge is 2.26. The molecule has 0 saturated carbocycles. The fourth-order valence-corrected chi connectivity index (χ4v) is 2.51. The molecule has 2 N–H and O–H groups in total. The summed E-state index contributed by atoms with van der Waals surface area (Å²) < 4.78 is 5.14. The van der Waals surface area contributed by atoms with Crippen molar-refractivity contribution in [3.63, 3.8) is 0 Å². The van der Waals surface area contributed by atoms with Crippen molar-refractivity contribution >= 4 is 11.9 Å². The van der Waals surface area contributed by atoms with E-state index in [1.165, 1.54) is 0 Å². The fraction of sp³-hybridized carbons (Fsp3) is 0.556. The molecule has 0 saturated heterocycles. The average molecular weight is 321 g/mol. The van der Waals surface area contributed by atoms with Gasteiger partial charge >= 0.3 is 5.97 Å². The number of amides is 1. The van der Waals surface area contributed by atoms with E-state index in [4.69, 9.17) is 4.74 Å². The summed E-state index contributed by atoms with van der Waals surface area (Å²) in [4.78, 5) is 23.5. The maximum Gasteiger partial charge on any atom is 0.326 e. The Hall–Kier alpha value is -2.04. The SMILES string of the molecule is CCC(CC(=O)N[C@H](C(=O)O)[C@@H](C)CC)c1ccc(OC)cc1. The Morgan fingerprint density at radius 3 is 2.22 bits per heavy atom. The van der Waals surface area contributed by atoms with Crippen LogP contribution < -0.4 is 10.1 Å². The lowest BCUT2D eigenvalue weighted by Gasteiger charge is -2.22. The molecular weight excluding hydrogens is 294 g/mol. The van der Waals surface area contributed by atoms with Crippen LogP contribution in [-0.4, -0.2) is 30.1 Å². The first kappa shape index (κ1) is 19.0. The predicted molar refractivity (Wildman–Crippen MR) is 89.7 cm³/mol. The summed E-state index contributed by atoms with van der Waals surface area (Å²) in [6.07, 6.45) is 1.79. The van der Waals surface area contributed by atoms with Gasteiger partial charge in [-0.2, -0.15) is 0 Å². The maximum absolute atomic E-state index is 12.2. The topological polar surface area (TPSA) is 75.6 Å². The number of carbonyl (C=O) groups is 2. The van der Waals surface area contributed by atoms with Crippen LogP contribution in [0.3, 0.4) is 0 Å². The number of carboxylic acids is 1. The van der Waals surface area contributed by atoms with Gasteiger partial charge in [-0.05, 0) is 36.0 Å². The van der Waals surface area contributed by atoms with E-state index in [0.29, 0.717) is 6.42 Å². The van der Waals surface area contributed by atoms with Crippen LogP contribution in [0, 0.1) is 5.92 Å². The third-order valence-corrected chi connectivity index (χ3v) is 4.31. The second kappa shape index (κ2) is 9.18. The van der Waals surface area contributed by atoms with Gasteiger partial charge in [0.15, 0.2) is 0 Å². The number of carboxylic acid groups (broad SMARTS) is 1. The van der Waals surface area contributed by atoms with Gasteiger partial charge in [-0.1, -0.05) is 39.3 Å². The molecule has 0 fully saturated rings. The van der Waals surface area contributed by atoms with Gasteiger partial charge in [-0.15, -0.1) is 0 Å². The Balaban J connectivity index is 2.73. The van der Waals surface area contributed by atoms with Crippen molar-refractivity contribution in [1.82, 2.24) is 5.32 Å². The molecule has 0 aliphatic heterocycles. The Bertz CT molecular complexity index is 512. The van der Waals surface area contributed by atoms with Crippen LogP contribution in [0.1, 0.15) is 51.5 Å². The lowest BCUT2D eigenvalue weighted by molar-refractivity contribution is -0.143. The molecule has 0 radical (unpaired) electrons. The van der Waals surface area contributed by atoms with Gasteiger partial charge in [-0.25, -0.2) is 4.79 Å². The first-order chi connectivity index (χ1) is 10.9. The van der Waals surface area contributed by atoms with E-state index in [1.54, 1.807) is 7.11 Å². The molecule has 128 valence electrons. The minimum Gasteiger partial charge on any atom is -0.497 e. The Kier molecular flexibility index (Phi) is 7.59. The molecule has 0 spiro atoms. The summed E-state index contributed by atoms with van der Waals surface area (Å²) in [5, 5.41) is 11.9. The molecule has 0 aliphatic carbocycles. The van der Waals surface area contributed by atoms with Crippen molar-refractivity contribution < 1.29 is 19.4 Å². The quantitative estimate of drug-likeness (QED) is 0.732. The molecule has 5 heteroatoms. The molecular formula is C18H27NO4. The fourth-order valence-electron chi connectivity index (χ4n) is 2.51. The first-order valence-corrected chi connectivity index (χ1v) is 8.08. The van der Waals surface area contributed by atoms with E-state index in [2.05, 4.69) is 5.32 Å². The molecule has 1 unspecified atom stereocenters. The maximum atomic E-state index is 12.2. The Morgan fingerprint density at radius 2 is 1.78 bits per heavy atom. The summed E-state index contributed by atoms with van der Waals surface area (Å²) in [5.74, 6) is -0.467. The highest BCUT2D eigenvalue weighted by molar-refractivity contribution is 5.84. The zero-order valence-corrected chi connectivity index (χ0v) is 14.3. The number of nitrogens with one attached hydrogen (secondary N) is 1. The number of ether oxygens (including phenoxy) is 1. The normalized spacial score (nSPS) is 14.6. The van der Waals surface area contributed by atoms with Crippen molar-refractivity contribution in [2.45, 2.75) is 52.0 Å². The van der Waals surface area contributed by atoms with Crippen molar-refractivity contribution in [3.05, 3.63) is 29.8 Å². The minimum atomic E-state index is -0.981. The molecule has 23 heavy (non-hydrogen) atoms. The minimum absolute atomic E-state index is 0.0623. The molecule has 1 amide bonds. The van der Waals surface area contributed by atoms with Crippen molar-refractivity contribution in [1.29, 1.82) is 0 Å². The number of carbonyl (C=O) groups excluding carboxylic acids is 1. The van der Waals surface area contributed by atoms with Gasteiger partial charge in [0.2, 0.25) is 5.91 Å². The molecule has 5 nitrogen and oxygen atoms in total. The van der Waals surface area contributed by atoms with Crippen LogP contribution >= 0.6 is 0 Å². The van der Waals surface area contributed by atoms with Gasteiger partial charge in [0, 0.05) is 6.42 Å².